The summed E-state index contributed by atoms with van der Waals surface area (Å²) >= 11 is 3.77. The number of benzene rings is 4. The van der Waals surface area contributed by atoms with Crippen LogP contribution in [0.15, 0.2) is 127 Å². The molecule has 0 bridgehead atoms. The third-order valence-corrected chi connectivity index (χ3v) is 11.5. The lowest BCUT2D eigenvalue weighted by molar-refractivity contribution is 1.34. The Kier molecular flexibility index (Phi) is 10.5. The third-order valence-electron chi connectivity index (χ3n) is 9.34. The van der Waals surface area contributed by atoms with Crippen LogP contribution >= 0.6 is 23.1 Å². The molecule has 2 heteroatoms. The molecule has 0 unspecified atom stereocenters. The lowest BCUT2D eigenvalue weighted by atomic mass is 9.99. The normalized spacial score (nSPS) is 13.3. The third kappa shape index (κ3) is 7.57. The molecule has 2 heterocycles. The van der Waals surface area contributed by atoms with E-state index in [0.717, 1.165) is 0 Å². The summed E-state index contributed by atoms with van der Waals surface area (Å²) in [6.07, 6.45) is 15.7. The number of hydrogen-bond donors (Lipinski definition) is 0. The summed E-state index contributed by atoms with van der Waals surface area (Å²) in [5, 5.41) is 0. The molecule has 0 fully saturated rings. The first-order valence-electron chi connectivity index (χ1n) is 17.0. The van der Waals surface area contributed by atoms with E-state index in [4.69, 9.17) is 0 Å². The summed E-state index contributed by atoms with van der Waals surface area (Å²) < 4.78 is 0. The monoisotopic (exact) mass is 673 g/mol. The van der Waals surface area contributed by atoms with Crippen molar-refractivity contribution in [3.63, 3.8) is 0 Å². The minimum Gasteiger partial charge on any atom is -0.0888 e. The topological polar surface area (TPSA) is 0 Å². The lowest BCUT2D eigenvalue weighted by Gasteiger charge is -2.22. The summed E-state index contributed by atoms with van der Waals surface area (Å²) in [7, 11) is 0. The summed E-state index contributed by atoms with van der Waals surface area (Å²) in [5.74, 6) is 0. The molecule has 244 valence electrons. The van der Waals surface area contributed by atoms with Crippen LogP contribution < -0.4 is 0 Å². The molecular formula is C47H45S2+. The molecule has 0 atom stereocenters. The van der Waals surface area contributed by atoms with Crippen molar-refractivity contribution in [1.29, 1.82) is 0 Å². The van der Waals surface area contributed by atoms with Crippen LogP contribution in [0, 0.1) is 55.4 Å². The van der Waals surface area contributed by atoms with Gasteiger partial charge in [0.2, 0.25) is 21.1 Å². The van der Waals surface area contributed by atoms with Crippen LogP contribution in [0.4, 0.5) is 0 Å². The van der Waals surface area contributed by atoms with Gasteiger partial charge in [-0.25, -0.2) is 0 Å². The maximum Gasteiger partial charge on any atom is 0.239 e. The second kappa shape index (κ2) is 14.9. The van der Waals surface area contributed by atoms with Gasteiger partial charge in [0.05, 0.1) is 0 Å². The Bertz CT molecular complexity index is 2000. The minimum absolute atomic E-state index is 1.20. The van der Waals surface area contributed by atoms with Crippen LogP contribution in [0.25, 0.3) is 36.8 Å². The van der Waals surface area contributed by atoms with Crippen molar-refractivity contribution in [1.82, 2.24) is 0 Å². The second-order valence-corrected chi connectivity index (χ2v) is 15.4. The summed E-state index contributed by atoms with van der Waals surface area (Å²) in [6.45, 7) is 17.8. The van der Waals surface area contributed by atoms with Gasteiger partial charge in [0, 0.05) is 33.1 Å². The maximum atomic E-state index is 2.34. The average Bonchev–Trinajstić information content (AvgIpc) is 3.04. The predicted octanol–water partition coefficient (Wildman–Crippen LogP) is 14.2. The van der Waals surface area contributed by atoms with Gasteiger partial charge >= 0.3 is 0 Å². The zero-order valence-electron chi connectivity index (χ0n) is 29.9. The molecule has 0 N–H and O–H groups in total. The van der Waals surface area contributed by atoms with E-state index >= 15 is 0 Å². The largest absolute Gasteiger partial charge is 0.239 e. The number of allylic oxidation sites excluding steroid dienone is 7. The number of thioether (sulfide) groups is 1. The van der Waals surface area contributed by atoms with Crippen LogP contribution in [-0.2, 0) is 0 Å². The molecule has 4 aromatic carbocycles. The van der Waals surface area contributed by atoms with Gasteiger partial charge < -0.3 is 0 Å². The van der Waals surface area contributed by atoms with E-state index in [0.29, 0.717) is 0 Å². The van der Waals surface area contributed by atoms with Crippen LogP contribution in [0.2, 0.25) is 0 Å². The molecule has 0 radical (unpaired) electrons. The molecule has 0 nitrogen and oxygen atoms in total. The number of aryl methyl sites for hydroxylation is 8. The first-order chi connectivity index (χ1) is 23.6. The molecule has 0 aliphatic carbocycles. The van der Waals surface area contributed by atoms with Gasteiger partial charge in [0.1, 0.15) is 0 Å². The second-order valence-electron chi connectivity index (χ2n) is 13.2. The first-order valence-corrected chi connectivity index (χ1v) is 18.6. The highest BCUT2D eigenvalue weighted by Gasteiger charge is 2.23. The van der Waals surface area contributed by atoms with Gasteiger partial charge in [-0.15, -0.1) is 0 Å². The smallest absolute Gasteiger partial charge is 0.0888 e. The number of hydrogen-bond acceptors (Lipinski definition) is 1. The molecule has 49 heavy (non-hydrogen) atoms. The summed E-state index contributed by atoms with van der Waals surface area (Å²) in [5.41, 5.74) is 18.2. The van der Waals surface area contributed by atoms with E-state index < -0.39 is 0 Å². The highest BCUT2D eigenvalue weighted by molar-refractivity contribution is 8.16. The minimum atomic E-state index is 1.20. The molecule has 6 rings (SSSR count). The molecule has 0 saturated heterocycles. The fraction of sp³-hybridized carbons (Fsp3) is 0.170. The molecule has 0 spiro atoms. The van der Waals surface area contributed by atoms with Crippen LogP contribution in [0.3, 0.4) is 0 Å². The van der Waals surface area contributed by atoms with E-state index in [1.54, 1.807) is 0 Å². The zero-order valence-corrected chi connectivity index (χ0v) is 31.6. The van der Waals surface area contributed by atoms with Gasteiger partial charge in [-0.05, 0) is 134 Å². The maximum absolute atomic E-state index is 2.34. The Balaban J connectivity index is 1.38. The fourth-order valence-electron chi connectivity index (χ4n) is 6.94. The summed E-state index contributed by atoms with van der Waals surface area (Å²) in [6, 6.07) is 31.1. The Morgan fingerprint density at radius 2 is 0.816 bits per heavy atom. The van der Waals surface area contributed by atoms with Gasteiger partial charge in [-0.1, -0.05) is 115 Å². The molecule has 1 aliphatic heterocycles. The molecule has 0 amide bonds. The van der Waals surface area contributed by atoms with E-state index in [9.17, 15) is 0 Å². The van der Waals surface area contributed by atoms with Crippen molar-refractivity contribution in [2.24, 2.45) is 0 Å². The van der Waals surface area contributed by atoms with Gasteiger partial charge in [-0.3, -0.25) is 0 Å². The van der Waals surface area contributed by atoms with Crippen molar-refractivity contribution in [3.05, 3.63) is 188 Å². The van der Waals surface area contributed by atoms with Crippen LogP contribution in [0.1, 0.15) is 61.2 Å². The summed E-state index contributed by atoms with van der Waals surface area (Å²) in [4.78, 5) is 5.20. The quantitative estimate of drug-likeness (QED) is 0.122. The van der Waals surface area contributed by atoms with Crippen molar-refractivity contribution >= 4 is 39.0 Å². The van der Waals surface area contributed by atoms with Gasteiger partial charge in [0.15, 0.2) is 0 Å². The highest BCUT2D eigenvalue weighted by atomic mass is 32.2. The van der Waals surface area contributed by atoms with E-state index in [1.807, 2.05) is 23.1 Å². The fourth-order valence-corrected chi connectivity index (χ4v) is 9.89. The lowest BCUT2D eigenvalue weighted by Crippen LogP contribution is -1.98. The molecule has 1 aliphatic rings. The molecular weight excluding hydrogens is 629 g/mol. The Hall–Kier alpha value is -4.50. The Morgan fingerprint density at radius 3 is 1.20 bits per heavy atom. The molecule has 5 aromatic rings. The Morgan fingerprint density at radius 1 is 0.449 bits per heavy atom. The van der Waals surface area contributed by atoms with Gasteiger partial charge in [0.25, 0.3) is 0 Å². The van der Waals surface area contributed by atoms with Crippen molar-refractivity contribution < 1.29 is 0 Å². The van der Waals surface area contributed by atoms with E-state index in [-0.39, 0.29) is 0 Å². The molecule has 0 saturated carbocycles. The van der Waals surface area contributed by atoms with Crippen LogP contribution in [0.5, 0.6) is 0 Å². The van der Waals surface area contributed by atoms with Gasteiger partial charge in [-0.2, -0.15) is 0 Å². The zero-order chi connectivity index (χ0) is 34.7. The number of rotatable bonds is 7. The van der Waals surface area contributed by atoms with E-state index in [2.05, 4.69) is 183 Å². The van der Waals surface area contributed by atoms with Crippen molar-refractivity contribution in [3.8, 4) is 20.9 Å². The average molecular weight is 674 g/mol. The standard InChI is InChI=1S/C47H45S2/c1-30-16-12-17-31(2)44(30)40-26-38(27-41(48-40)45-32(3)18-13-19-33(45)4)24-10-9-11-25-39-28-42(46-34(5)20-14-21-35(46)6)49-43(29-39)47-36(7)22-15-23-37(47)8/h9-29H,1-8H3/q+1. The van der Waals surface area contributed by atoms with Crippen molar-refractivity contribution in [2.45, 2.75) is 55.4 Å². The highest BCUT2D eigenvalue weighted by Crippen LogP contribution is 2.47. The van der Waals surface area contributed by atoms with E-state index in [1.165, 1.54) is 97.5 Å². The Labute approximate surface area is 302 Å². The SMILES string of the molecule is Cc1cccc(C)c1C1=CC(=C/C=C/C=C/c2cc(-c3c(C)cccc3C)[s+]c(-c3c(C)cccc3C)c2)C=C(c2c(C)cccc2C)S1. The van der Waals surface area contributed by atoms with Crippen LogP contribution in [-0.4, -0.2) is 0 Å². The first kappa shape index (κ1) is 34.4. The molecule has 1 aromatic heterocycles. The van der Waals surface area contributed by atoms with Crippen molar-refractivity contribution in [2.75, 3.05) is 0 Å². The predicted molar refractivity (Wildman–Crippen MR) is 220 cm³/mol.